The van der Waals surface area contributed by atoms with Gasteiger partial charge in [-0.3, -0.25) is 9.78 Å². The lowest BCUT2D eigenvalue weighted by molar-refractivity contribution is -0.124. The molecule has 2 aromatic heterocycles. The molecule has 1 aromatic carbocycles. The van der Waals surface area contributed by atoms with Crippen LogP contribution < -0.4 is 14.5 Å². The summed E-state index contributed by atoms with van der Waals surface area (Å²) < 4.78 is 32.7. The van der Waals surface area contributed by atoms with Crippen molar-refractivity contribution in [1.29, 1.82) is 5.26 Å². The monoisotopic (exact) mass is 648 g/mol. The van der Waals surface area contributed by atoms with Crippen molar-refractivity contribution < 1.29 is 18.3 Å². The van der Waals surface area contributed by atoms with Crippen LogP contribution in [0.1, 0.15) is 30.5 Å². The number of rotatable bonds is 10. The largest absolute Gasteiger partial charge is 0.462 e. The van der Waals surface area contributed by atoms with Gasteiger partial charge in [0.05, 0.1) is 47.3 Å². The van der Waals surface area contributed by atoms with Gasteiger partial charge in [0.2, 0.25) is 11.8 Å². The van der Waals surface area contributed by atoms with Crippen LogP contribution in [0.2, 0.25) is 5.02 Å². The predicted molar refractivity (Wildman–Crippen MR) is 172 cm³/mol. The van der Waals surface area contributed by atoms with E-state index in [1.165, 1.54) is 6.08 Å². The molecule has 240 valence electrons. The Kier molecular flexibility index (Phi) is 9.06. The molecule has 10 nitrogen and oxygen atoms in total. The molecule has 46 heavy (non-hydrogen) atoms. The second-order valence-electron chi connectivity index (χ2n) is 12.0. The highest BCUT2D eigenvalue weighted by Crippen LogP contribution is 2.42. The zero-order valence-electron chi connectivity index (χ0n) is 25.6. The molecule has 1 fully saturated rings. The first-order valence-corrected chi connectivity index (χ1v) is 15.7. The molecular formula is C33H35ClF2N8O2. The van der Waals surface area contributed by atoms with Crippen LogP contribution in [-0.2, 0) is 17.8 Å². The molecule has 0 N–H and O–H groups in total. The molecule has 1 saturated carbocycles. The van der Waals surface area contributed by atoms with Gasteiger partial charge in [-0.05, 0) is 31.5 Å². The number of nitriles is 1. The molecule has 0 saturated heterocycles. The smallest absolute Gasteiger partial charge is 0.318 e. The maximum Gasteiger partial charge on any atom is 0.318 e. The summed E-state index contributed by atoms with van der Waals surface area (Å²) in [4.78, 5) is 34.3. The van der Waals surface area contributed by atoms with Gasteiger partial charge in [0.1, 0.15) is 12.4 Å². The minimum absolute atomic E-state index is 0.0179. The Morgan fingerprint density at radius 3 is 2.85 bits per heavy atom. The minimum atomic E-state index is -2.54. The number of fused-ring (bicyclic) bond motifs is 2. The van der Waals surface area contributed by atoms with Crippen molar-refractivity contribution in [3.05, 3.63) is 71.4 Å². The number of pyridine rings is 1. The molecule has 2 aliphatic heterocycles. The molecule has 0 radical (unpaired) electrons. The Morgan fingerprint density at radius 2 is 2.09 bits per heavy atom. The first kappa shape index (κ1) is 31.6. The number of aromatic nitrogens is 3. The number of anilines is 2. The molecule has 1 aliphatic carbocycles. The van der Waals surface area contributed by atoms with Gasteiger partial charge in [-0.25, -0.2) is 8.78 Å². The number of likely N-dealkylation sites (N-methyl/N-ethyl adjacent to an activating group) is 1. The lowest BCUT2D eigenvalue weighted by atomic mass is 9.81. The number of amides is 1. The average molecular weight is 649 g/mol. The van der Waals surface area contributed by atoms with E-state index in [1.54, 1.807) is 17.3 Å². The zero-order chi connectivity index (χ0) is 32.4. The molecule has 0 unspecified atom stereocenters. The fourth-order valence-electron chi connectivity index (χ4n) is 6.46. The third-order valence-electron chi connectivity index (χ3n) is 8.71. The second-order valence-corrected chi connectivity index (χ2v) is 12.4. The molecule has 6 rings (SSSR count). The van der Waals surface area contributed by atoms with Crippen molar-refractivity contribution in [2.45, 2.75) is 38.2 Å². The molecule has 0 atom stereocenters. The van der Waals surface area contributed by atoms with Gasteiger partial charge in [0.15, 0.2) is 0 Å². The Hall–Kier alpha value is -4.34. The summed E-state index contributed by atoms with van der Waals surface area (Å²) in [6.45, 7) is 6.94. The molecular weight excluding hydrogens is 614 g/mol. The van der Waals surface area contributed by atoms with E-state index in [0.29, 0.717) is 62.2 Å². The lowest BCUT2D eigenvalue weighted by Gasteiger charge is -2.37. The number of ether oxygens (including phenoxy) is 1. The highest BCUT2D eigenvalue weighted by Gasteiger charge is 2.45. The van der Waals surface area contributed by atoms with Crippen LogP contribution in [0.25, 0.3) is 10.8 Å². The number of alkyl halides is 2. The van der Waals surface area contributed by atoms with E-state index in [0.717, 1.165) is 27.7 Å². The zero-order valence-corrected chi connectivity index (χ0v) is 26.4. The second kappa shape index (κ2) is 13.2. The van der Waals surface area contributed by atoms with Gasteiger partial charge in [-0.2, -0.15) is 15.2 Å². The fraction of sp³-hybridized carbons (Fsp3) is 0.424. The topological polar surface area (TPSA) is 102 Å². The van der Waals surface area contributed by atoms with E-state index >= 15 is 0 Å². The van der Waals surface area contributed by atoms with Crippen LogP contribution in [0.15, 0.2) is 55.1 Å². The number of carbonyl (C=O) groups is 1. The van der Waals surface area contributed by atoms with Crippen LogP contribution in [0.3, 0.4) is 0 Å². The summed E-state index contributed by atoms with van der Waals surface area (Å²) in [5.74, 6) is -2.15. The van der Waals surface area contributed by atoms with E-state index in [-0.39, 0.29) is 43.7 Å². The van der Waals surface area contributed by atoms with Crippen LogP contribution in [0.4, 0.5) is 20.3 Å². The van der Waals surface area contributed by atoms with Gasteiger partial charge in [0, 0.05) is 74.3 Å². The number of hydrogen-bond acceptors (Lipinski definition) is 9. The highest BCUT2D eigenvalue weighted by molar-refractivity contribution is 6.36. The van der Waals surface area contributed by atoms with Crippen molar-refractivity contribution in [2.24, 2.45) is 5.92 Å². The third kappa shape index (κ3) is 6.62. The van der Waals surface area contributed by atoms with E-state index in [9.17, 15) is 18.8 Å². The highest BCUT2D eigenvalue weighted by atomic mass is 35.5. The normalized spacial score (nSPS) is 17.7. The lowest BCUT2D eigenvalue weighted by Crippen LogP contribution is -2.42. The molecule has 4 heterocycles. The number of benzene rings is 1. The number of hydrogen-bond donors (Lipinski definition) is 0. The Labute approximate surface area is 271 Å². The van der Waals surface area contributed by atoms with Gasteiger partial charge >= 0.3 is 6.01 Å². The molecule has 0 spiro atoms. The first-order chi connectivity index (χ1) is 22.2. The average Bonchev–Trinajstić information content (AvgIpc) is 3.03. The van der Waals surface area contributed by atoms with Crippen molar-refractivity contribution >= 4 is 39.8 Å². The van der Waals surface area contributed by atoms with Crippen molar-refractivity contribution in [1.82, 2.24) is 24.8 Å². The van der Waals surface area contributed by atoms with Crippen LogP contribution in [0.5, 0.6) is 6.01 Å². The summed E-state index contributed by atoms with van der Waals surface area (Å²) in [7, 11) is 1.89. The maximum absolute atomic E-state index is 13.3. The third-order valence-corrected chi connectivity index (χ3v) is 9.03. The summed E-state index contributed by atoms with van der Waals surface area (Å²) in [5, 5.41) is 12.0. The quantitative estimate of drug-likeness (QED) is 0.275. The maximum atomic E-state index is 13.3. The molecule has 1 amide bonds. The van der Waals surface area contributed by atoms with E-state index in [4.69, 9.17) is 26.3 Å². The van der Waals surface area contributed by atoms with Crippen molar-refractivity contribution in [3.8, 4) is 12.1 Å². The number of carbonyl (C=O) groups excluding carboxylic acids is 1. The fourth-order valence-corrected chi connectivity index (χ4v) is 6.74. The van der Waals surface area contributed by atoms with E-state index in [1.807, 2.05) is 41.2 Å². The molecule has 13 heteroatoms. The number of halogens is 3. The Balaban J connectivity index is 1.29. The summed E-state index contributed by atoms with van der Waals surface area (Å²) >= 11 is 6.65. The van der Waals surface area contributed by atoms with Gasteiger partial charge in [0.25, 0.3) is 0 Å². The predicted octanol–water partition coefficient (Wildman–Crippen LogP) is 5.19. The van der Waals surface area contributed by atoms with Gasteiger partial charge in [-0.1, -0.05) is 30.3 Å². The minimum Gasteiger partial charge on any atom is -0.462 e. The van der Waals surface area contributed by atoms with Gasteiger partial charge in [-0.15, -0.1) is 0 Å². The van der Waals surface area contributed by atoms with Crippen LogP contribution in [-0.4, -0.2) is 83.0 Å². The molecule has 3 aromatic rings. The number of nitrogens with zero attached hydrogens (tertiary/aromatic N) is 8. The van der Waals surface area contributed by atoms with E-state index in [2.05, 4.69) is 22.5 Å². The summed E-state index contributed by atoms with van der Waals surface area (Å²) in [6.07, 6.45) is 7.19. The Bertz CT molecular complexity index is 1710. The van der Waals surface area contributed by atoms with Crippen LogP contribution in [0, 0.1) is 17.2 Å². The van der Waals surface area contributed by atoms with Crippen molar-refractivity contribution in [3.63, 3.8) is 0 Å². The van der Waals surface area contributed by atoms with Crippen molar-refractivity contribution in [2.75, 3.05) is 56.2 Å². The first-order valence-electron chi connectivity index (χ1n) is 15.3. The molecule has 0 bridgehead atoms. The van der Waals surface area contributed by atoms with Gasteiger partial charge < -0.3 is 24.3 Å². The molecule has 3 aliphatic rings. The van der Waals surface area contributed by atoms with E-state index < -0.39 is 5.92 Å². The standard InChI is InChI=1S/C33H35ClF2N8O2/c1-3-29(45)44-12-11-43(20-24(44)7-9-37)31-25-8-10-42(28-18-38-17-23-5-4-6-26(34)30(23)28)21-27(25)39-32(40-31)46-14-13-41(2)19-22-15-33(35,36)16-22/h3-6,17-18,20,22H,1,7-8,10-16,19,21H2,2H3. The number of allylic oxidation sites excluding steroid dienone is 1. The summed E-state index contributed by atoms with van der Waals surface area (Å²) in [6, 6.07) is 8.11. The summed E-state index contributed by atoms with van der Waals surface area (Å²) in [5.41, 5.74) is 3.22. The Morgan fingerprint density at radius 1 is 1.26 bits per heavy atom. The SMILES string of the molecule is C=CC(=O)N1CCN(c2nc(OCCN(C)CC3CC(F)(F)C3)nc3c2CCN(c2cncc4cccc(Cl)c24)C3)C=C1CC#N. The van der Waals surface area contributed by atoms with Crippen LogP contribution >= 0.6 is 11.6 Å².